The van der Waals surface area contributed by atoms with Crippen LogP contribution in [0.5, 0.6) is 0 Å². The highest BCUT2D eigenvalue weighted by atomic mass is 15.1. The third kappa shape index (κ3) is 7.04. The highest BCUT2D eigenvalue weighted by molar-refractivity contribution is 6.12. The minimum atomic E-state index is 0.107. The number of hydrogen-bond acceptors (Lipinski definition) is 1. The maximum absolute atomic E-state index is 2.44. The summed E-state index contributed by atoms with van der Waals surface area (Å²) in [6.07, 6.45) is 4.51. The Morgan fingerprint density at radius 1 is 0.288 bits per heavy atom. The summed E-state index contributed by atoms with van der Waals surface area (Å²) in [6, 6.07) is 92.2. The molecule has 0 amide bonds. The first-order valence-electron chi connectivity index (χ1n) is 22.7. The fourth-order valence-electron chi connectivity index (χ4n) is 9.98. The predicted molar refractivity (Wildman–Crippen MR) is 279 cm³/mol. The highest BCUT2D eigenvalue weighted by Crippen LogP contribution is 2.41. The number of rotatable bonds is 10. The van der Waals surface area contributed by atoms with Gasteiger partial charge in [0.05, 0.1) is 22.1 Å². The van der Waals surface area contributed by atoms with Crippen LogP contribution in [0, 0.1) is 0 Å². The maximum atomic E-state index is 2.44. The molecule has 0 N–H and O–H groups in total. The molecule has 0 aliphatic rings. The Bertz CT molecular complexity index is 3340. The second kappa shape index (κ2) is 16.8. The molecular formula is C63H45N3. The summed E-state index contributed by atoms with van der Waals surface area (Å²) in [7, 11) is 0. The molecule has 3 heteroatoms. The van der Waals surface area contributed by atoms with Gasteiger partial charge < -0.3 is 14.0 Å². The minimum absolute atomic E-state index is 0.107. The molecule has 12 aromatic rings. The van der Waals surface area contributed by atoms with Gasteiger partial charge in [-0.3, -0.25) is 0 Å². The minimum Gasteiger partial charge on any atom is -0.310 e. The molecule has 10 aromatic carbocycles. The van der Waals surface area contributed by atoms with Crippen molar-refractivity contribution >= 4 is 72.8 Å². The molecule has 0 unspecified atom stereocenters. The third-order valence-corrected chi connectivity index (χ3v) is 13.0. The fourth-order valence-corrected chi connectivity index (χ4v) is 9.98. The zero-order valence-corrected chi connectivity index (χ0v) is 36.3. The van der Waals surface area contributed by atoms with Crippen molar-refractivity contribution in [2.45, 2.75) is 5.92 Å². The Kier molecular flexibility index (Phi) is 9.92. The van der Waals surface area contributed by atoms with E-state index in [1.165, 1.54) is 54.8 Å². The lowest BCUT2D eigenvalue weighted by Gasteiger charge is -2.25. The molecule has 66 heavy (non-hydrogen) atoms. The summed E-state index contributed by atoms with van der Waals surface area (Å²) in [5.41, 5.74) is 16.4. The summed E-state index contributed by atoms with van der Waals surface area (Å²) >= 11 is 0. The van der Waals surface area contributed by atoms with E-state index in [-0.39, 0.29) is 5.92 Å². The number of hydrogen-bond donors (Lipinski definition) is 0. The zero-order valence-electron chi connectivity index (χ0n) is 36.3. The van der Waals surface area contributed by atoms with Crippen LogP contribution < -0.4 is 4.90 Å². The Morgan fingerprint density at radius 3 is 1.11 bits per heavy atom. The van der Waals surface area contributed by atoms with Gasteiger partial charge in [0.25, 0.3) is 0 Å². The molecule has 0 saturated heterocycles. The number of aromatic nitrogens is 2. The molecule has 2 aromatic heterocycles. The number of nitrogens with zero attached hydrogens (tertiary/aromatic N) is 3. The Morgan fingerprint density at radius 2 is 0.652 bits per heavy atom. The van der Waals surface area contributed by atoms with Gasteiger partial charge in [-0.2, -0.15) is 0 Å². The van der Waals surface area contributed by atoms with E-state index in [4.69, 9.17) is 0 Å². The molecule has 3 nitrogen and oxygen atoms in total. The van der Waals surface area contributed by atoms with E-state index in [0.29, 0.717) is 0 Å². The molecular weight excluding hydrogens is 799 g/mol. The van der Waals surface area contributed by atoms with Gasteiger partial charge in [-0.1, -0.05) is 188 Å². The smallest absolute Gasteiger partial charge is 0.0561 e. The number of para-hydroxylation sites is 4. The summed E-state index contributed by atoms with van der Waals surface area (Å²) in [4.78, 5) is 2.33. The lowest BCUT2D eigenvalue weighted by Crippen LogP contribution is -2.09. The summed E-state index contributed by atoms with van der Waals surface area (Å²) in [5, 5.41) is 4.92. The van der Waals surface area contributed by atoms with Gasteiger partial charge >= 0.3 is 0 Å². The molecule has 312 valence electrons. The van der Waals surface area contributed by atoms with Gasteiger partial charge in [-0.25, -0.2) is 0 Å². The molecule has 0 spiro atoms. The van der Waals surface area contributed by atoms with Crippen molar-refractivity contribution in [1.29, 1.82) is 0 Å². The Hall–Kier alpha value is -8.66. The van der Waals surface area contributed by atoms with E-state index in [1.807, 2.05) is 0 Å². The van der Waals surface area contributed by atoms with Crippen LogP contribution in [0.25, 0.3) is 67.1 Å². The predicted octanol–water partition coefficient (Wildman–Crippen LogP) is 16.7. The quantitative estimate of drug-likeness (QED) is 0.0987. The summed E-state index contributed by atoms with van der Waals surface area (Å²) in [6.45, 7) is 0. The Labute approximate surface area is 385 Å². The van der Waals surface area contributed by atoms with E-state index in [9.17, 15) is 0 Å². The van der Waals surface area contributed by atoms with Crippen LogP contribution in [0.4, 0.5) is 17.1 Å². The third-order valence-electron chi connectivity index (χ3n) is 13.0. The lowest BCUT2D eigenvalue weighted by molar-refractivity contribution is 0.978. The van der Waals surface area contributed by atoms with Gasteiger partial charge in [0.2, 0.25) is 0 Å². The van der Waals surface area contributed by atoms with Crippen LogP contribution in [0.15, 0.2) is 255 Å². The lowest BCUT2D eigenvalue weighted by atomic mass is 9.85. The highest BCUT2D eigenvalue weighted by Gasteiger charge is 2.21. The second-order valence-electron chi connectivity index (χ2n) is 17.0. The van der Waals surface area contributed by atoms with Crippen LogP contribution in [0.2, 0.25) is 0 Å². The van der Waals surface area contributed by atoms with Gasteiger partial charge in [0.1, 0.15) is 0 Å². The van der Waals surface area contributed by atoms with Crippen molar-refractivity contribution in [2.24, 2.45) is 0 Å². The van der Waals surface area contributed by atoms with Crippen molar-refractivity contribution in [1.82, 2.24) is 9.13 Å². The molecule has 2 heterocycles. The average molecular weight is 844 g/mol. The van der Waals surface area contributed by atoms with Crippen molar-refractivity contribution in [3.63, 3.8) is 0 Å². The Balaban J connectivity index is 0.970. The van der Waals surface area contributed by atoms with Crippen LogP contribution in [0.1, 0.15) is 33.7 Å². The van der Waals surface area contributed by atoms with Crippen molar-refractivity contribution in [3.05, 3.63) is 283 Å². The maximum Gasteiger partial charge on any atom is 0.0561 e. The van der Waals surface area contributed by atoms with Gasteiger partial charge in [0.15, 0.2) is 0 Å². The largest absolute Gasteiger partial charge is 0.310 e. The van der Waals surface area contributed by atoms with E-state index >= 15 is 0 Å². The molecule has 0 radical (unpaired) electrons. The molecule has 0 fully saturated rings. The molecule has 0 aliphatic carbocycles. The van der Waals surface area contributed by atoms with Gasteiger partial charge in [-0.15, -0.1) is 0 Å². The summed E-state index contributed by atoms with van der Waals surface area (Å²) < 4.78 is 4.85. The fraction of sp³-hybridized carbons (Fsp3) is 0.0159. The number of fused-ring (bicyclic) bond motifs is 6. The number of benzene rings is 10. The normalized spacial score (nSPS) is 11.7. The van der Waals surface area contributed by atoms with Crippen molar-refractivity contribution in [3.8, 4) is 11.4 Å². The van der Waals surface area contributed by atoms with Crippen LogP contribution in [-0.4, -0.2) is 9.13 Å². The van der Waals surface area contributed by atoms with Gasteiger partial charge in [-0.05, 0) is 107 Å². The average Bonchev–Trinajstić information content (AvgIpc) is 3.89. The topological polar surface area (TPSA) is 13.1 Å². The van der Waals surface area contributed by atoms with E-state index in [1.54, 1.807) is 0 Å². The molecule has 0 aliphatic heterocycles. The first-order chi connectivity index (χ1) is 32.7. The first-order valence-corrected chi connectivity index (χ1v) is 22.7. The zero-order chi connectivity index (χ0) is 43.8. The number of anilines is 3. The second-order valence-corrected chi connectivity index (χ2v) is 17.0. The monoisotopic (exact) mass is 843 g/mol. The van der Waals surface area contributed by atoms with Gasteiger partial charge in [0, 0.05) is 55.9 Å². The standard InChI is InChI=1S/C63H45N3/c1-7-19-47(20-8-1)63(48-21-9-2-10-22-48)49-35-39-57-55-37-33-45(41-59(55)65(61(57)43-49)52-27-15-5-16-28-52)31-32-46-34-38-56-58-40-36-54(44-62(58)66(60(56)42-46)53-29-17-6-18-30-53)64(50-23-11-3-12-24-50)51-25-13-4-14-26-51/h1-44,63H/b32-31-. The van der Waals surface area contributed by atoms with Crippen molar-refractivity contribution in [2.75, 3.05) is 4.90 Å². The first kappa shape index (κ1) is 39.0. The van der Waals surface area contributed by atoms with Crippen molar-refractivity contribution < 1.29 is 0 Å². The van der Waals surface area contributed by atoms with E-state index in [2.05, 4.69) is 281 Å². The molecule has 0 saturated carbocycles. The molecule has 0 bridgehead atoms. The SMILES string of the molecule is C(=C/c1ccc2c3ccc(N(c4ccccc4)c4ccccc4)cc3n(-c3ccccc3)c2c1)/c1ccc2c3ccc(C(c4ccccc4)c4ccccc4)cc3n(-c3ccccc3)c2c1. The summed E-state index contributed by atoms with van der Waals surface area (Å²) in [5.74, 6) is 0.107. The van der Waals surface area contributed by atoms with E-state index in [0.717, 1.165) is 45.1 Å². The molecule has 12 rings (SSSR count). The van der Waals surface area contributed by atoms with E-state index < -0.39 is 0 Å². The van der Waals surface area contributed by atoms with Crippen LogP contribution in [-0.2, 0) is 0 Å². The van der Waals surface area contributed by atoms with Crippen LogP contribution >= 0.6 is 0 Å². The van der Waals surface area contributed by atoms with Crippen LogP contribution in [0.3, 0.4) is 0 Å². The molecule has 0 atom stereocenters.